The van der Waals surface area contributed by atoms with Crippen LogP contribution in [0.2, 0.25) is 0 Å². The van der Waals surface area contributed by atoms with Crippen molar-refractivity contribution >= 4 is 5.91 Å². The van der Waals surface area contributed by atoms with Crippen molar-refractivity contribution < 1.29 is 4.79 Å². The molecule has 0 spiro atoms. The molecule has 0 saturated heterocycles. The van der Waals surface area contributed by atoms with Gasteiger partial charge in [0.25, 0.3) is 0 Å². The van der Waals surface area contributed by atoms with Gasteiger partial charge in [0, 0.05) is 12.6 Å². The van der Waals surface area contributed by atoms with Gasteiger partial charge in [-0.05, 0) is 31.4 Å². The fraction of sp³-hybridized carbons (Fsp3) is 0.500. The van der Waals surface area contributed by atoms with E-state index < -0.39 is 0 Å². The van der Waals surface area contributed by atoms with Crippen LogP contribution in [0, 0.1) is 6.92 Å². The summed E-state index contributed by atoms with van der Waals surface area (Å²) in [5.41, 5.74) is 2.50. The Bertz CT molecular complexity index is 363. The summed E-state index contributed by atoms with van der Waals surface area (Å²) in [6, 6.07) is 8.43. The van der Waals surface area contributed by atoms with Gasteiger partial charge in [0.05, 0.1) is 6.54 Å². The van der Waals surface area contributed by atoms with Gasteiger partial charge in [-0.25, -0.2) is 0 Å². The highest BCUT2D eigenvalue weighted by atomic mass is 16.1. The number of nitrogens with one attached hydrogen (secondary N) is 2. The second-order valence-electron chi connectivity index (χ2n) is 4.31. The van der Waals surface area contributed by atoms with Crippen molar-refractivity contribution in [2.45, 2.75) is 33.2 Å². The Morgan fingerprint density at radius 3 is 2.71 bits per heavy atom. The van der Waals surface area contributed by atoms with E-state index in [0.717, 1.165) is 13.0 Å². The predicted octanol–water partition coefficient (Wildman–Crippen LogP) is 2.17. The fourth-order valence-electron chi connectivity index (χ4n) is 1.76. The first-order valence-corrected chi connectivity index (χ1v) is 6.20. The normalized spacial score (nSPS) is 12.2. The first-order chi connectivity index (χ1) is 8.15. The Morgan fingerprint density at radius 1 is 1.35 bits per heavy atom. The molecule has 0 aliphatic heterocycles. The molecule has 17 heavy (non-hydrogen) atoms. The number of carbonyl (C=O) groups excluding carboxylic acids is 1. The van der Waals surface area contributed by atoms with Crippen LogP contribution in [0.25, 0.3) is 0 Å². The topological polar surface area (TPSA) is 41.1 Å². The third-order valence-electron chi connectivity index (χ3n) is 2.80. The molecule has 0 radical (unpaired) electrons. The van der Waals surface area contributed by atoms with Crippen molar-refractivity contribution in [3.63, 3.8) is 0 Å². The molecule has 0 bridgehead atoms. The number of hydrogen-bond acceptors (Lipinski definition) is 2. The zero-order valence-corrected chi connectivity index (χ0v) is 10.9. The summed E-state index contributed by atoms with van der Waals surface area (Å²) in [5.74, 6) is 0.0623. The molecule has 2 N–H and O–H groups in total. The van der Waals surface area contributed by atoms with Crippen LogP contribution in [0.3, 0.4) is 0 Å². The number of carbonyl (C=O) groups is 1. The quantitative estimate of drug-likeness (QED) is 0.792. The van der Waals surface area contributed by atoms with Gasteiger partial charge in [0.15, 0.2) is 0 Å². The van der Waals surface area contributed by atoms with Crippen LogP contribution < -0.4 is 10.6 Å². The van der Waals surface area contributed by atoms with E-state index in [-0.39, 0.29) is 11.9 Å². The molecule has 0 aliphatic carbocycles. The van der Waals surface area contributed by atoms with Gasteiger partial charge in [-0.3, -0.25) is 4.79 Å². The summed E-state index contributed by atoms with van der Waals surface area (Å²) in [6.45, 7) is 7.33. The minimum absolute atomic E-state index is 0.0623. The third kappa shape index (κ3) is 4.57. The molecule has 0 heterocycles. The Kier molecular flexibility index (Phi) is 5.70. The van der Waals surface area contributed by atoms with E-state index in [4.69, 9.17) is 0 Å². The van der Waals surface area contributed by atoms with Crippen LogP contribution in [-0.4, -0.2) is 19.0 Å². The molecule has 0 fully saturated rings. The minimum atomic E-state index is 0.0623. The molecule has 0 aromatic heterocycles. The molecule has 1 amide bonds. The van der Waals surface area contributed by atoms with Gasteiger partial charge < -0.3 is 10.6 Å². The van der Waals surface area contributed by atoms with Crippen LogP contribution in [0.4, 0.5) is 0 Å². The highest BCUT2D eigenvalue weighted by molar-refractivity contribution is 5.77. The van der Waals surface area contributed by atoms with Crippen LogP contribution >= 0.6 is 0 Å². The summed E-state index contributed by atoms with van der Waals surface area (Å²) >= 11 is 0. The van der Waals surface area contributed by atoms with Gasteiger partial charge >= 0.3 is 0 Å². The molecule has 94 valence electrons. The van der Waals surface area contributed by atoms with E-state index in [9.17, 15) is 4.79 Å². The van der Waals surface area contributed by atoms with Crippen LogP contribution in [-0.2, 0) is 4.79 Å². The van der Waals surface area contributed by atoms with Gasteiger partial charge in [-0.1, -0.05) is 31.2 Å². The molecule has 0 saturated carbocycles. The standard InChI is InChI=1S/C14H22N2O/c1-4-9-15-14(17)10-16-12(3)13-8-6-5-7-11(13)2/h5-8,12,16H,4,9-10H2,1-3H3,(H,15,17)/t12-/m0/s1. The smallest absolute Gasteiger partial charge is 0.233 e. The summed E-state index contributed by atoms with van der Waals surface area (Å²) < 4.78 is 0. The molecule has 3 heteroatoms. The fourth-order valence-corrected chi connectivity index (χ4v) is 1.76. The molecule has 1 atom stereocenters. The summed E-state index contributed by atoms with van der Waals surface area (Å²) in [4.78, 5) is 11.4. The van der Waals surface area contributed by atoms with E-state index in [1.807, 2.05) is 19.1 Å². The minimum Gasteiger partial charge on any atom is -0.355 e. The van der Waals surface area contributed by atoms with Gasteiger partial charge in [0.1, 0.15) is 0 Å². The molecule has 1 aromatic rings. The van der Waals surface area contributed by atoms with Crippen LogP contribution in [0.15, 0.2) is 24.3 Å². The van der Waals surface area contributed by atoms with E-state index in [1.165, 1.54) is 11.1 Å². The molecule has 0 aliphatic rings. The summed E-state index contributed by atoms with van der Waals surface area (Å²) in [7, 11) is 0. The highest BCUT2D eigenvalue weighted by Gasteiger charge is 2.08. The number of rotatable bonds is 6. The van der Waals surface area contributed by atoms with Crippen LogP contribution in [0.5, 0.6) is 0 Å². The monoisotopic (exact) mass is 234 g/mol. The Hall–Kier alpha value is -1.35. The van der Waals surface area contributed by atoms with Gasteiger partial charge in [-0.15, -0.1) is 0 Å². The number of benzene rings is 1. The van der Waals surface area contributed by atoms with Crippen LogP contribution in [0.1, 0.15) is 37.4 Å². The lowest BCUT2D eigenvalue weighted by atomic mass is 10.0. The number of hydrogen-bond donors (Lipinski definition) is 2. The van der Waals surface area contributed by atoms with Crippen molar-refractivity contribution in [3.05, 3.63) is 35.4 Å². The van der Waals surface area contributed by atoms with E-state index >= 15 is 0 Å². The lowest BCUT2D eigenvalue weighted by Gasteiger charge is -2.16. The van der Waals surface area contributed by atoms with Crippen molar-refractivity contribution in [2.75, 3.05) is 13.1 Å². The zero-order valence-electron chi connectivity index (χ0n) is 10.9. The maximum Gasteiger partial charge on any atom is 0.233 e. The zero-order chi connectivity index (χ0) is 12.7. The molecular weight excluding hydrogens is 212 g/mol. The first kappa shape index (κ1) is 13.7. The SMILES string of the molecule is CCCNC(=O)CN[C@@H](C)c1ccccc1C. The molecule has 1 rings (SSSR count). The third-order valence-corrected chi connectivity index (χ3v) is 2.80. The highest BCUT2D eigenvalue weighted by Crippen LogP contribution is 2.15. The van der Waals surface area contributed by atoms with E-state index in [0.29, 0.717) is 6.54 Å². The first-order valence-electron chi connectivity index (χ1n) is 6.20. The Balaban J connectivity index is 2.42. The maximum absolute atomic E-state index is 11.4. The van der Waals surface area contributed by atoms with Crippen molar-refractivity contribution in [1.29, 1.82) is 0 Å². The van der Waals surface area contributed by atoms with E-state index in [2.05, 4.69) is 36.6 Å². The molecule has 3 nitrogen and oxygen atoms in total. The molecule has 1 aromatic carbocycles. The van der Waals surface area contributed by atoms with E-state index in [1.54, 1.807) is 0 Å². The number of amides is 1. The molecule has 0 unspecified atom stereocenters. The predicted molar refractivity (Wildman–Crippen MR) is 70.9 cm³/mol. The Labute approximate surface area is 104 Å². The second-order valence-corrected chi connectivity index (χ2v) is 4.31. The van der Waals surface area contributed by atoms with Crippen molar-refractivity contribution in [3.8, 4) is 0 Å². The average Bonchev–Trinajstić information content (AvgIpc) is 2.34. The van der Waals surface area contributed by atoms with Gasteiger partial charge in [0.2, 0.25) is 5.91 Å². The lowest BCUT2D eigenvalue weighted by molar-refractivity contribution is -0.120. The average molecular weight is 234 g/mol. The maximum atomic E-state index is 11.4. The number of aryl methyl sites for hydroxylation is 1. The van der Waals surface area contributed by atoms with Crippen molar-refractivity contribution in [2.24, 2.45) is 0 Å². The Morgan fingerprint density at radius 2 is 2.06 bits per heavy atom. The second kappa shape index (κ2) is 7.07. The largest absolute Gasteiger partial charge is 0.355 e. The summed E-state index contributed by atoms with van der Waals surface area (Å²) in [5, 5.41) is 6.09. The molecular formula is C14H22N2O. The van der Waals surface area contributed by atoms with Crippen molar-refractivity contribution in [1.82, 2.24) is 10.6 Å². The van der Waals surface area contributed by atoms with Gasteiger partial charge in [-0.2, -0.15) is 0 Å². The lowest BCUT2D eigenvalue weighted by Crippen LogP contribution is -2.35. The summed E-state index contributed by atoms with van der Waals surface area (Å²) in [6.07, 6.45) is 0.971.